The Morgan fingerprint density at radius 1 is 1.00 bits per heavy atom. The average Bonchev–Trinajstić information content (AvgIpc) is 2.83. The van der Waals surface area contributed by atoms with Crippen LogP contribution in [-0.4, -0.2) is 33.7 Å². The summed E-state index contributed by atoms with van der Waals surface area (Å²) >= 11 is 0. The zero-order chi connectivity index (χ0) is 25.0. The van der Waals surface area contributed by atoms with E-state index < -0.39 is 28.8 Å². The Labute approximate surface area is 201 Å². The van der Waals surface area contributed by atoms with Crippen molar-refractivity contribution in [2.75, 3.05) is 13.1 Å². The molecule has 0 radical (unpaired) electrons. The Balaban J connectivity index is 1.57. The second kappa shape index (κ2) is 10.4. The molecule has 2 heterocycles. The Hall–Kier alpha value is -3.46. The molecule has 2 aromatic carbocycles. The van der Waals surface area contributed by atoms with E-state index in [4.69, 9.17) is 0 Å². The van der Waals surface area contributed by atoms with Crippen LogP contribution in [0.25, 0.3) is 5.69 Å². The summed E-state index contributed by atoms with van der Waals surface area (Å²) in [5.74, 6) is -0.735. The number of amides is 1. The molecule has 1 aromatic heterocycles. The first kappa shape index (κ1) is 24.7. The number of likely N-dealkylation sites (tertiary alicyclic amines) is 1. The molecule has 6 nitrogen and oxygen atoms in total. The summed E-state index contributed by atoms with van der Waals surface area (Å²) in [6.45, 7) is 4.49. The van der Waals surface area contributed by atoms with Crippen LogP contribution in [0.4, 0.5) is 13.2 Å². The van der Waals surface area contributed by atoms with E-state index in [1.165, 1.54) is 44.4 Å². The van der Waals surface area contributed by atoms with Gasteiger partial charge in [0, 0.05) is 24.8 Å². The Morgan fingerprint density at radius 3 is 2.37 bits per heavy atom. The van der Waals surface area contributed by atoms with Crippen molar-refractivity contribution >= 4 is 5.91 Å². The van der Waals surface area contributed by atoms with Crippen molar-refractivity contribution in [2.45, 2.75) is 45.5 Å². The molecule has 1 N–H and O–H groups in total. The van der Waals surface area contributed by atoms with E-state index in [2.05, 4.69) is 15.3 Å². The molecule has 184 valence electrons. The van der Waals surface area contributed by atoms with E-state index in [0.29, 0.717) is 0 Å². The summed E-state index contributed by atoms with van der Waals surface area (Å²) in [7, 11) is 0. The van der Waals surface area contributed by atoms with Crippen LogP contribution < -0.4 is 10.7 Å². The lowest BCUT2D eigenvalue weighted by molar-refractivity contribution is -0.137. The number of hydrogen-bond donors (Lipinski definition) is 1. The van der Waals surface area contributed by atoms with Crippen molar-refractivity contribution < 1.29 is 18.0 Å². The van der Waals surface area contributed by atoms with Gasteiger partial charge in [-0.1, -0.05) is 42.8 Å². The maximum Gasteiger partial charge on any atom is 0.418 e. The zero-order valence-electron chi connectivity index (χ0n) is 19.4. The summed E-state index contributed by atoms with van der Waals surface area (Å²) < 4.78 is 41.6. The van der Waals surface area contributed by atoms with Crippen molar-refractivity contribution in [3.8, 4) is 5.69 Å². The average molecular weight is 485 g/mol. The molecule has 1 fully saturated rings. The molecular formula is C26H27F3N4O2. The molecular weight excluding hydrogens is 457 g/mol. The number of carbonyl (C=O) groups is 1. The number of halogens is 3. The summed E-state index contributed by atoms with van der Waals surface area (Å²) in [5, 5.41) is 6.75. The smallest absolute Gasteiger partial charge is 0.346 e. The third-order valence-corrected chi connectivity index (χ3v) is 6.16. The van der Waals surface area contributed by atoms with Gasteiger partial charge in [-0.2, -0.15) is 18.3 Å². The molecule has 0 spiro atoms. The SMILES string of the molecule is Cc1cc(=O)c(C(=O)NCc2ccccc2CN2CCCCC2)nn1-c1ccccc1C(F)(F)F. The highest BCUT2D eigenvalue weighted by molar-refractivity contribution is 5.92. The molecule has 1 saturated heterocycles. The molecule has 0 bridgehead atoms. The number of piperidine rings is 1. The van der Waals surface area contributed by atoms with Gasteiger partial charge in [0.15, 0.2) is 5.69 Å². The van der Waals surface area contributed by atoms with Crippen LogP contribution >= 0.6 is 0 Å². The lowest BCUT2D eigenvalue weighted by atomic mass is 10.0. The van der Waals surface area contributed by atoms with Crippen molar-refractivity contribution in [1.82, 2.24) is 20.0 Å². The van der Waals surface area contributed by atoms with Crippen molar-refractivity contribution in [2.24, 2.45) is 0 Å². The standard InChI is InChI=1S/C26H27F3N4O2/c1-18-15-23(34)24(31-33(18)22-12-6-5-11-21(22)26(27,28)29)25(35)30-16-19-9-3-4-10-20(19)17-32-13-7-2-8-14-32/h3-6,9-12,15H,2,7-8,13-14,16-17H2,1H3,(H,30,35). The highest BCUT2D eigenvalue weighted by atomic mass is 19.4. The van der Waals surface area contributed by atoms with Crippen LogP contribution in [-0.2, 0) is 19.3 Å². The molecule has 0 atom stereocenters. The van der Waals surface area contributed by atoms with Gasteiger partial charge < -0.3 is 5.32 Å². The van der Waals surface area contributed by atoms with Gasteiger partial charge in [0.1, 0.15) is 0 Å². The predicted octanol–water partition coefficient (Wildman–Crippen LogP) is 4.48. The fourth-order valence-electron chi connectivity index (χ4n) is 4.35. The summed E-state index contributed by atoms with van der Waals surface area (Å²) in [4.78, 5) is 27.8. The molecule has 3 aromatic rings. The third kappa shape index (κ3) is 5.79. The molecule has 35 heavy (non-hydrogen) atoms. The molecule has 0 unspecified atom stereocenters. The number of benzene rings is 2. The zero-order valence-corrected chi connectivity index (χ0v) is 19.4. The molecule has 0 saturated carbocycles. The first-order valence-electron chi connectivity index (χ1n) is 11.6. The van der Waals surface area contributed by atoms with Crippen molar-refractivity contribution in [3.05, 3.63) is 92.9 Å². The molecule has 1 amide bonds. The highest BCUT2D eigenvalue weighted by Crippen LogP contribution is 2.33. The second-order valence-corrected chi connectivity index (χ2v) is 8.71. The van der Waals surface area contributed by atoms with Gasteiger partial charge in [-0.05, 0) is 56.1 Å². The van der Waals surface area contributed by atoms with E-state index in [-0.39, 0.29) is 17.9 Å². The van der Waals surface area contributed by atoms with Gasteiger partial charge in [0.05, 0.1) is 11.3 Å². The minimum atomic E-state index is -4.62. The fraction of sp³-hybridized carbons (Fsp3) is 0.346. The van der Waals surface area contributed by atoms with E-state index in [1.807, 2.05) is 24.3 Å². The number of nitrogens with one attached hydrogen (secondary N) is 1. The van der Waals surface area contributed by atoms with E-state index >= 15 is 0 Å². The van der Waals surface area contributed by atoms with Crippen molar-refractivity contribution in [3.63, 3.8) is 0 Å². The number of nitrogens with zero attached hydrogens (tertiary/aromatic N) is 3. The fourth-order valence-corrected chi connectivity index (χ4v) is 4.35. The maximum atomic E-state index is 13.5. The number of para-hydroxylation sites is 1. The van der Waals surface area contributed by atoms with Crippen LogP contribution in [0.5, 0.6) is 0 Å². The third-order valence-electron chi connectivity index (χ3n) is 6.16. The second-order valence-electron chi connectivity index (χ2n) is 8.71. The van der Waals surface area contributed by atoms with Crippen LogP contribution in [0.3, 0.4) is 0 Å². The molecule has 1 aliphatic heterocycles. The summed E-state index contributed by atoms with van der Waals surface area (Å²) in [5.41, 5.74) is -0.0707. The van der Waals surface area contributed by atoms with E-state index in [9.17, 15) is 22.8 Å². The van der Waals surface area contributed by atoms with Gasteiger partial charge in [-0.3, -0.25) is 14.5 Å². The number of hydrogen-bond acceptors (Lipinski definition) is 4. The van der Waals surface area contributed by atoms with Gasteiger partial charge in [0.2, 0.25) is 5.43 Å². The van der Waals surface area contributed by atoms with Crippen LogP contribution in [0, 0.1) is 6.92 Å². The largest absolute Gasteiger partial charge is 0.418 e. The number of aryl methyl sites for hydroxylation is 1. The van der Waals surface area contributed by atoms with Gasteiger partial charge >= 0.3 is 6.18 Å². The molecule has 9 heteroatoms. The predicted molar refractivity (Wildman–Crippen MR) is 126 cm³/mol. The maximum absolute atomic E-state index is 13.5. The molecule has 4 rings (SSSR count). The van der Waals surface area contributed by atoms with E-state index in [0.717, 1.165) is 47.6 Å². The van der Waals surface area contributed by atoms with Crippen LogP contribution in [0.1, 0.15) is 52.1 Å². The quantitative estimate of drug-likeness (QED) is 0.561. The highest BCUT2D eigenvalue weighted by Gasteiger charge is 2.34. The number of carbonyl (C=O) groups excluding carboxylic acids is 1. The Kier molecular flexibility index (Phi) is 7.35. The number of alkyl halides is 3. The van der Waals surface area contributed by atoms with Gasteiger partial charge in [-0.15, -0.1) is 0 Å². The molecule has 1 aliphatic rings. The first-order chi connectivity index (χ1) is 16.7. The van der Waals surface area contributed by atoms with Crippen molar-refractivity contribution in [1.29, 1.82) is 0 Å². The summed E-state index contributed by atoms with van der Waals surface area (Å²) in [6, 6.07) is 13.8. The van der Waals surface area contributed by atoms with Gasteiger partial charge in [-0.25, -0.2) is 4.68 Å². The minimum Gasteiger partial charge on any atom is -0.346 e. The summed E-state index contributed by atoms with van der Waals surface area (Å²) in [6.07, 6.45) is -1.04. The van der Waals surface area contributed by atoms with E-state index in [1.54, 1.807) is 0 Å². The normalized spacial score (nSPS) is 14.6. The lowest BCUT2D eigenvalue weighted by Gasteiger charge is -2.27. The lowest BCUT2D eigenvalue weighted by Crippen LogP contribution is -2.33. The number of aromatic nitrogens is 2. The van der Waals surface area contributed by atoms with Crippen LogP contribution in [0.15, 0.2) is 59.4 Å². The monoisotopic (exact) mass is 484 g/mol. The minimum absolute atomic E-state index is 0.178. The Bertz CT molecular complexity index is 1260. The Morgan fingerprint density at radius 2 is 1.66 bits per heavy atom. The van der Waals surface area contributed by atoms with Crippen LogP contribution in [0.2, 0.25) is 0 Å². The molecule has 0 aliphatic carbocycles. The topological polar surface area (TPSA) is 67.2 Å². The first-order valence-corrected chi connectivity index (χ1v) is 11.6. The van der Waals surface area contributed by atoms with Gasteiger partial charge in [0.25, 0.3) is 5.91 Å². The number of rotatable bonds is 6.